The molecule has 3 N–H and O–H groups in total. The maximum atomic E-state index is 10.5. The van der Waals surface area contributed by atoms with E-state index < -0.39 is 12.1 Å². The summed E-state index contributed by atoms with van der Waals surface area (Å²) < 4.78 is 0. The largest absolute Gasteiger partial charge is 0.477 e. The average Bonchev–Trinajstić information content (AvgIpc) is 2.26. The fraction of sp³-hybridized carbons (Fsp3) is 0.455. The molecule has 0 aromatic carbocycles. The van der Waals surface area contributed by atoms with Crippen LogP contribution in [0, 0.1) is 5.92 Å². The van der Waals surface area contributed by atoms with Gasteiger partial charge in [0.05, 0.1) is 18.0 Å². The third-order valence-electron chi connectivity index (χ3n) is 2.27. The number of rotatable bonds is 5. The van der Waals surface area contributed by atoms with Crippen LogP contribution in [0.15, 0.2) is 18.3 Å². The molecule has 16 heavy (non-hydrogen) atoms. The summed E-state index contributed by atoms with van der Waals surface area (Å²) >= 11 is 0. The zero-order valence-electron chi connectivity index (χ0n) is 9.34. The number of pyridine rings is 1. The number of nitrogens with one attached hydrogen (secondary N) is 1. The fourth-order valence-electron chi connectivity index (χ4n) is 1.08. The van der Waals surface area contributed by atoms with Crippen molar-refractivity contribution in [3.8, 4) is 0 Å². The maximum absolute atomic E-state index is 10.5. The van der Waals surface area contributed by atoms with Gasteiger partial charge in [0.15, 0.2) is 0 Å². The summed E-state index contributed by atoms with van der Waals surface area (Å²) in [5.41, 5.74) is 0.708. The molecule has 0 bridgehead atoms. The van der Waals surface area contributed by atoms with Crippen LogP contribution in [-0.4, -0.2) is 33.8 Å². The van der Waals surface area contributed by atoms with E-state index in [9.17, 15) is 9.90 Å². The summed E-state index contributed by atoms with van der Waals surface area (Å²) in [5.74, 6) is -0.868. The second-order valence-electron chi connectivity index (χ2n) is 3.93. The van der Waals surface area contributed by atoms with E-state index in [4.69, 9.17) is 5.11 Å². The summed E-state index contributed by atoms with van der Waals surface area (Å²) in [7, 11) is 0. The first kappa shape index (κ1) is 12.4. The van der Waals surface area contributed by atoms with Crippen LogP contribution in [0.3, 0.4) is 0 Å². The van der Waals surface area contributed by atoms with Crippen LogP contribution < -0.4 is 5.32 Å². The van der Waals surface area contributed by atoms with Crippen molar-refractivity contribution in [2.24, 2.45) is 5.92 Å². The Morgan fingerprint density at radius 2 is 2.19 bits per heavy atom. The van der Waals surface area contributed by atoms with Gasteiger partial charge in [0.1, 0.15) is 5.69 Å². The molecule has 88 valence electrons. The molecule has 1 aromatic heterocycles. The average molecular weight is 224 g/mol. The van der Waals surface area contributed by atoms with Gasteiger partial charge in [0.25, 0.3) is 0 Å². The first-order valence-electron chi connectivity index (χ1n) is 5.12. The van der Waals surface area contributed by atoms with Gasteiger partial charge in [0, 0.05) is 6.54 Å². The summed E-state index contributed by atoms with van der Waals surface area (Å²) in [6.07, 6.45) is 1.01. The monoisotopic (exact) mass is 224 g/mol. The number of aromatic nitrogens is 1. The molecule has 0 saturated heterocycles. The smallest absolute Gasteiger partial charge is 0.354 e. The minimum absolute atomic E-state index is 0.00922. The molecule has 0 amide bonds. The van der Waals surface area contributed by atoms with Gasteiger partial charge < -0.3 is 15.5 Å². The highest BCUT2D eigenvalue weighted by Crippen LogP contribution is 2.08. The van der Waals surface area contributed by atoms with Crippen molar-refractivity contribution in [2.45, 2.75) is 20.0 Å². The Bertz CT molecular complexity index is 349. The Labute approximate surface area is 94.1 Å². The highest BCUT2D eigenvalue weighted by Gasteiger charge is 2.09. The van der Waals surface area contributed by atoms with Gasteiger partial charge in [-0.05, 0) is 18.1 Å². The van der Waals surface area contributed by atoms with E-state index in [-0.39, 0.29) is 11.6 Å². The van der Waals surface area contributed by atoms with Crippen LogP contribution in [0.1, 0.15) is 24.3 Å². The Hall–Kier alpha value is -1.62. The van der Waals surface area contributed by atoms with E-state index in [1.54, 1.807) is 6.07 Å². The van der Waals surface area contributed by atoms with E-state index in [0.29, 0.717) is 12.2 Å². The molecule has 0 saturated carbocycles. The van der Waals surface area contributed by atoms with Crippen LogP contribution in [0.2, 0.25) is 0 Å². The number of carboxylic acid groups (broad SMARTS) is 1. The van der Waals surface area contributed by atoms with Crippen molar-refractivity contribution >= 4 is 11.7 Å². The molecule has 1 unspecified atom stereocenters. The summed E-state index contributed by atoms with van der Waals surface area (Å²) in [6, 6.07) is 3.05. The van der Waals surface area contributed by atoms with Crippen LogP contribution in [-0.2, 0) is 0 Å². The lowest BCUT2D eigenvalue weighted by Crippen LogP contribution is -2.24. The van der Waals surface area contributed by atoms with Crippen LogP contribution in [0.25, 0.3) is 0 Å². The molecule has 5 nitrogen and oxygen atoms in total. The van der Waals surface area contributed by atoms with Crippen LogP contribution in [0.5, 0.6) is 0 Å². The molecule has 1 rings (SSSR count). The van der Waals surface area contributed by atoms with Gasteiger partial charge in [0.2, 0.25) is 0 Å². The fourth-order valence-corrected chi connectivity index (χ4v) is 1.08. The highest BCUT2D eigenvalue weighted by atomic mass is 16.4. The molecule has 1 aromatic rings. The van der Waals surface area contributed by atoms with Gasteiger partial charge in [-0.15, -0.1) is 0 Å². The Morgan fingerprint density at radius 3 is 2.62 bits per heavy atom. The summed E-state index contributed by atoms with van der Waals surface area (Å²) in [5, 5.41) is 21.2. The van der Waals surface area contributed by atoms with Gasteiger partial charge in [-0.2, -0.15) is 0 Å². The first-order valence-corrected chi connectivity index (χ1v) is 5.12. The van der Waals surface area contributed by atoms with E-state index in [0.717, 1.165) is 0 Å². The summed E-state index contributed by atoms with van der Waals surface area (Å²) in [4.78, 5) is 14.3. The lowest BCUT2D eigenvalue weighted by atomic mass is 10.1. The van der Waals surface area contributed by atoms with E-state index in [2.05, 4.69) is 10.3 Å². The van der Waals surface area contributed by atoms with Gasteiger partial charge in [-0.1, -0.05) is 13.8 Å². The minimum atomic E-state index is -1.05. The second kappa shape index (κ2) is 5.46. The molecular weight excluding hydrogens is 208 g/mol. The summed E-state index contributed by atoms with van der Waals surface area (Å²) in [6.45, 7) is 4.28. The lowest BCUT2D eigenvalue weighted by molar-refractivity contribution is 0.0690. The van der Waals surface area contributed by atoms with Crippen molar-refractivity contribution in [3.05, 3.63) is 24.0 Å². The number of aliphatic hydroxyl groups is 1. The lowest BCUT2D eigenvalue weighted by Gasteiger charge is -2.15. The topological polar surface area (TPSA) is 82.5 Å². The number of carbonyl (C=O) groups is 1. The number of hydrogen-bond acceptors (Lipinski definition) is 4. The van der Waals surface area contributed by atoms with E-state index >= 15 is 0 Å². The van der Waals surface area contributed by atoms with E-state index in [1.165, 1.54) is 12.3 Å². The molecule has 1 atom stereocenters. The Morgan fingerprint density at radius 1 is 1.50 bits per heavy atom. The molecule has 5 heteroatoms. The first-order chi connectivity index (χ1) is 7.50. The number of nitrogens with zero attached hydrogens (tertiary/aromatic N) is 1. The van der Waals surface area contributed by atoms with Crippen molar-refractivity contribution < 1.29 is 15.0 Å². The standard InChI is InChI=1S/C11H16N2O3/c1-7(2)10(14)6-12-8-3-4-9(11(15)16)13-5-8/h3-5,7,10,12,14H,6H2,1-2H3,(H,15,16). The Balaban J connectivity index is 2.53. The Kier molecular flexibility index (Phi) is 4.25. The van der Waals surface area contributed by atoms with Gasteiger partial charge in [-0.25, -0.2) is 9.78 Å². The van der Waals surface area contributed by atoms with E-state index in [1.807, 2.05) is 13.8 Å². The van der Waals surface area contributed by atoms with Crippen molar-refractivity contribution in [3.63, 3.8) is 0 Å². The van der Waals surface area contributed by atoms with Gasteiger partial charge in [-0.3, -0.25) is 0 Å². The van der Waals surface area contributed by atoms with Crippen LogP contribution in [0.4, 0.5) is 5.69 Å². The highest BCUT2D eigenvalue weighted by molar-refractivity contribution is 5.85. The molecular formula is C11H16N2O3. The molecule has 0 aliphatic rings. The molecule has 0 radical (unpaired) electrons. The third kappa shape index (κ3) is 3.51. The number of anilines is 1. The van der Waals surface area contributed by atoms with Crippen molar-refractivity contribution in [2.75, 3.05) is 11.9 Å². The zero-order valence-corrected chi connectivity index (χ0v) is 9.34. The van der Waals surface area contributed by atoms with Crippen LogP contribution >= 0.6 is 0 Å². The molecule has 0 aliphatic heterocycles. The SMILES string of the molecule is CC(C)C(O)CNc1ccc(C(=O)O)nc1. The van der Waals surface area contributed by atoms with Gasteiger partial charge >= 0.3 is 5.97 Å². The predicted molar refractivity (Wildman–Crippen MR) is 60.5 cm³/mol. The maximum Gasteiger partial charge on any atom is 0.354 e. The number of aromatic carboxylic acids is 1. The second-order valence-corrected chi connectivity index (χ2v) is 3.93. The minimum Gasteiger partial charge on any atom is -0.477 e. The quantitative estimate of drug-likeness (QED) is 0.700. The van der Waals surface area contributed by atoms with Crippen molar-refractivity contribution in [1.82, 2.24) is 4.98 Å². The predicted octanol–water partition coefficient (Wildman–Crippen LogP) is 1.21. The number of aliphatic hydroxyl groups excluding tert-OH is 1. The third-order valence-corrected chi connectivity index (χ3v) is 2.27. The number of carboxylic acids is 1. The molecule has 1 heterocycles. The normalized spacial score (nSPS) is 12.5. The molecule has 0 fully saturated rings. The molecule has 0 spiro atoms. The van der Waals surface area contributed by atoms with Crippen molar-refractivity contribution in [1.29, 1.82) is 0 Å². The molecule has 0 aliphatic carbocycles. The zero-order chi connectivity index (χ0) is 12.1. The number of hydrogen-bond donors (Lipinski definition) is 3.